The second-order valence-electron chi connectivity index (χ2n) is 10.1. The van der Waals surface area contributed by atoms with Crippen LogP contribution in [0.15, 0.2) is 24.5 Å². The fourth-order valence-corrected chi connectivity index (χ4v) is 5.39. The van der Waals surface area contributed by atoms with Gasteiger partial charge in [0, 0.05) is 56.3 Å². The minimum Gasteiger partial charge on any atom is -0.493 e. The second kappa shape index (κ2) is 10.5. The molecule has 35 heavy (non-hydrogen) atoms. The Labute approximate surface area is 205 Å². The zero-order valence-corrected chi connectivity index (χ0v) is 20.4. The minimum atomic E-state index is -0.710. The summed E-state index contributed by atoms with van der Waals surface area (Å²) in [5.41, 5.74) is 0.986. The fraction of sp³-hybridized carbons (Fsp3) is 0.593. The number of ether oxygens (including phenoxy) is 1. The lowest BCUT2D eigenvalue weighted by molar-refractivity contribution is -0.133. The smallest absolute Gasteiger partial charge is 0.227 e. The highest BCUT2D eigenvalue weighted by Gasteiger charge is 2.43. The predicted octanol–water partition coefficient (Wildman–Crippen LogP) is 4.41. The summed E-state index contributed by atoms with van der Waals surface area (Å²) in [6.07, 6.45) is 9.89. The Balaban J connectivity index is 1.04. The van der Waals surface area contributed by atoms with Gasteiger partial charge in [-0.25, -0.2) is 18.7 Å². The van der Waals surface area contributed by atoms with Gasteiger partial charge in [0.25, 0.3) is 0 Å². The molecule has 5 rings (SSSR count). The topological polar surface area (TPSA) is 58.6 Å². The van der Waals surface area contributed by atoms with Crippen LogP contribution in [-0.2, 0) is 17.6 Å². The number of benzene rings is 1. The summed E-state index contributed by atoms with van der Waals surface area (Å²) in [7, 11) is 0. The molecule has 2 atom stereocenters. The van der Waals surface area contributed by atoms with Crippen LogP contribution in [0.1, 0.15) is 50.2 Å². The first-order valence-electron chi connectivity index (χ1n) is 13.0. The highest BCUT2D eigenvalue weighted by Crippen LogP contribution is 2.49. The minimum absolute atomic E-state index is 0.172. The second-order valence-corrected chi connectivity index (χ2v) is 10.1. The predicted molar refractivity (Wildman–Crippen MR) is 129 cm³/mol. The van der Waals surface area contributed by atoms with Gasteiger partial charge in [0.15, 0.2) is 0 Å². The number of nitrogens with zero attached hydrogens (tertiary/aromatic N) is 4. The normalized spacial score (nSPS) is 22.1. The third kappa shape index (κ3) is 5.57. The van der Waals surface area contributed by atoms with Gasteiger partial charge < -0.3 is 14.5 Å². The van der Waals surface area contributed by atoms with E-state index in [4.69, 9.17) is 4.74 Å². The molecule has 1 aromatic carbocycles. The highest BCUT2D eigenvalue weighted by molar-refractivity contribution is 5.79. The summed E-state index contributed by atoms with van der Waals surface area (Å²) in [6, 6.07) is 2.41. The molecule has 0 N–H and O–H groups in total. The maximum atomic E-state index is 14.4. The zero-order chi connectivity index (χ0) is 24.4. The fourth-order valence-electron chi connectivity index (χ4n) is 5.39. The van der Waals surface area contributed by atoms with E-state index in [1.54, 1.807) is 4.90 Å². The Hall–Kier alpha value is -2.77. The Bertz CT molecular complexity index is 1010. The number of hydrogen-bond acceptors (Lipinski definition) is 5. The summed E-state index contributed by atoms with van der Waals surface area (Å²) in [5, 5.41) is 0. The van der Waals surface area contributed by atoms with Gasteiger partial charge in [-0.1, -0.05) is 6.92 Å². The van der Waals surface area contributed by atoms with E-state index in [0.717, 1.165) is 56.7 Å². The number of aryl methyl sites for hydroxylation is 1. The molecule has 3 heterocycles. The molecule has 3 aliphatic rings. The van der Waals surface area contributed by atoms with Crippen molar-refractivity contribution < 1.29 is 18.3 Å². The maximum absolute atomic E-state index is 14.4. The maximum Gasteiger partial charge on any atom is 0.227 e. The Morgan fingerprint density at radius 3 is 2.37 bits per heavy atom. The summed E-state index contributed by atoms with van der Waals surface area (Å²) < 4.78 is 34.6. The van der Waals surface area contributed by atoms with Crippen LogP contribution in [0.2, 0.25) is 0 Å². The van der Waals surface area contributed by atoms with Crippen molar-refractivity contribution in [2.24, 2.45) is 17.8 Å². The van der Waals surface area contributed by atoms with Crippen LogP contribution in [0.5, 0.6) is 5.75 Å². The molecule has 0 radical (unpaired) electrons. The van der Waals surface area contributed by atoms with E-state index in [0.29, 0.717) is 37.5 Å². The molecule has 0 spiro atoms. The summed E-state index contributed by atoms with van der Waals surface area (Å²) in [6.45, 7) is 5.87. The molecule has 2 saturated heterocycles. The third-order valence-electron chi connectivity index (χ3n) is 7.91. The number of piperidine rings is 1. The van der Waals surface area contributed by atoms with E-state index in [1.165, 1.54) is 18.6 Å². The van der Waals surface area contributed by atoms with E-state index in [9.17, 15) is 13.6 Å². The SMILES string of the molecule is CCc1cnc(N2CCC(C3CC3CCOc3cc(F)c(CC(=O)N4CCC4)c(F)c3)CC2)nc1. The number of aromatic nitrogens is 2. The number of amides is 1. The molecule has 2 aromatic rings. The molecular weight excluding hydrogens is 450 g/mol. The van der Waals surface area contributed by atoms with Gasteiger partial charge in [0.2, 0.25) is 11.9 Å². The van der Waals surface area contributed by atoms with Crippen LogP contribution in [0, 0.1) is 29.4 Å². The molecule has 1 amide bonds. The van der Waals surface area contributed by atoms with Gasteiger partial charge in [0.1, 0.15) is 17.4 Å². The molecule has 1 aromatic heterocycles. The van der Waals surface area contributed by atoms with Crippen LogP contribution in [0.25, 0.3) is 0 Å². The van der Waals surface area contributed by atoms with E-state index in [-0.39, 0.29) is 23.6 Å². The van der Waals surface area contributed by atoms with Crippen molar-refractivity contribution in [1.29, 1.82) is 0 Å². The molecule has 2 unspecified atom stereocenters. The monoisotopic (exact) mass is 484 g/mol. The first kappa shape index (κ1) is 23.9. The standard InChI is InChI=1S/C27H34F2N4O2/c1-2-18-16-30-27(31-17-18)33-9-4-19(5-10-33)22-12-20(22)6-11-35-21-13-24(28)23(25(29)14-21)15-26(34)32-7-3-8-32/h13-14,16-17,19-20,22H,2-12,15H2,1H3. The molecule has 188 valence electrons. The Morgan fingerprint density at radius 1 is 1.09 bits per heavy atom. The van der Waals surface area contributed by atoms with Crippen molar-refractivity contribution in [2.45, 2.75) is 51.9 Å². The van der Waals surface area contributed by atoms with Crippen molar-refractivity contribution in [3.05, 3.63) is 47.3 Å². The van der Waals surface area contributed by atoms with Gasteiger partial charge in [-0.05, 0) is 61.8 Å². The average molecular weight is 485 g/mol. The van der Waals surface area contributed by atoms with E-state index >= 15 is 0 Å². The molecule has 6 nitrogen and oxygen atoms in total. The molecule has 2 aliphatic heterocycles. The van der Waals surface area contributed by atoms with Crippen LogP contribution < -0.4 is 9.64 Å². The number of rotatable bonds is 9. The van der Waals surface area contributed by atoms with E-state index in [2.05, 4.69) is 21.8 Å². The van der Waals surface area contributed by atoms with E-state index in [1.807, 2.05) is 12.4 Å². The van der Waals surface area contributed by atoms with Gasteiger partial charge in [-0.15, -0.1) is 0 Å². The van der Waals surface area contributed by atoms with Crippen molar-refractivity contribution in [1.82, 2.24) is 14.9 Å². The molecule has 0 bridgehead atoms. The van der Waals surface area contributed by atoms with Crippen molar-refractivity contribution in [2.75, 3.05) is 37.7 Å². The van der Waals surface area contributed by atoms with Crippen molar-refractivity contribution in [3.63, 3.8) is 0 Å². The third-order valence-corrected chi connectivity index (χ3v) is 7.91. The first-order chi connectivity index (χ1) is 17.0. The molecule has 8 heteroatoms. The van der Waals surface area contributed by atoms with Gasteiger partial charge in [-0.2, -0.15) is 0 Å². The summed E-state index contributed by atoms with van der Waals surface area (Å²) in [4.78, 5) is 25.0. The number of halogens is 2. The molecule has 1 saturated carbocycles. The average Bonchev–Trinajstić information content (AvgIpc) is 3.60. The lowest BCUT2D eigenvalue weighted by Crippen LogP contribution is -2.43. The van der Waals surface area contributed by atoms with Crippen molar-refractivity contribution in [3.8, 4) is 5.75 Å². The largest absolute Gasteiger partial charge is 0.493 e. The highest BCUT2D eigenvalue weighted by atomic mass is 19.1. The number of likely N-dealkylation sites (tertiary alicyclic amines) is 1. The molecule has 3 fully saturated rings. The number of carbonyl (C=O) groups excluding carboxylic acids is 1. The van der Waals surface area contributed by atoms with E-state index < -0.39 is 11.6 Å². The number of hydrogen-bond donors (Lipinski definition) is 0. The molecule has 1 aliphatic carbocycles. The molecular formula is C27H34F2N4O2. The Morgan fingerprint density at radius 2 is 1.77 bits per heavy atom. The lowest BCUT2D eigenvalue weighted by atomic mass is 9.90. The van der Waals surface area contributed by atoms with Crippen LogP contribution in [0.4, 0.5) is 14.7 Å². The number of carbonyl (C=O) groups is 1. The first-order valence-corrected chi connectivity index (χ1v) is 13.0. The van der Waals surface area contributed by atoms with Crippen molar-refractivity contribution >= 4 is 11.9 Å². The summed E-state index contributed by atoms with van der Waals surface area (Å²) in [5.74, 6) is 1.43. The lowest BCUT2D eigenvalue weighted by Gasteiger charge is -2.32. The summed E-state index contributed by atoms with van der Waals surface area (Å²) >= 11 is 0. The van der Waals surface area contributed by atoms with Gasteiger partial charge >= 0.3 is 0 Å². The zero-order valence-electron chi connectivity index (χ0n) is 20.4. The number of anilines is 1. The van der Waals surface area contributed by atoms with Gasteiger partial charge in [-0.3, -0.25) is 4.79 Å². The Kier molecular flexibility index (Phi) is 7.16. The van der Waals surface area contributed by atoms with Gasteiger partial charge in [0.05, 0.1) is 13.0 Å². The van der Waals surface area contributed by atoms with Crippen LogP contribution in [-0.4, -0.2) is 53.6 Å². The van der Waals surface area contributed by atoms with Crippen LogP contribution >= 0.6 is 0 Å². The van der Waals surface area contributed by atoms with Crippen LogP contribution in [0.3, 0.4) is 0 Å². The quantitative estimate of drug-likeness (QED) is 0.528.